The second-order valence-corrected chi connectivity index (χ2v) is 10.4. The van der Waals surface area contributed by atoms with E-state index in [0.717, 1.165) is 0 Å². The SMILES string of the molecule is Cn1cc(/C=C(\SS/C(=C/c2cn(C)c3cccc(C(=O)O)c23)C(=O)O)C(=O)O)c2c(C(=O)O)cccc21. The minimum absolute atomic E-state index is 0.00746. The van der Waals surface area contributed by atoms with E-state index >= 15 is 0 Å². The van der Waals surface area contributed by atoms with Crippen LogP contribution in [0.2, 0.25) is 0 Å². The molecule has 0 amide bonds. The van der Waals surface area contributed by atoms with Crippen molar-refractivity contribution in [2.24, 2.45) is 14.1 Å². The van der Waals surface area contributed by atoms with Crippen molar-refractivity contribution in [3.05, 3.63) is 80.9 Å². The lowest BCUT2D eigenvalue weighted by Crippen LogP contribution is -2.00. The molecule has 2 aromatic carbocycles. The molecule has 0 atom stereocenters. The normalized spacial score (nSPS) is 12.3. The quantitative estimate of drug-likeness (QED) is 0.164. The molecule has 0 aliphatic rings. The average Bonchev–Trinajstić information content (AvgIpc) is 3.36. The minimum Gasteiger partial charge on any atom is -0.478 e. The molecule has 0 bridgehead atoms. The van der Waals surface area contributed by atoms with Crippen molar-refractivity contribution in [2.75, 3.05) is 0 Å². The van der Waals surface area contributed by atoms with Crippen molar-refractivity contribution >= 4 is 79.4 Å². The van der Waals surface area contributed by atoms with Gasteiger partial charge in [0.1, 0.15) is 9.81 Å². The van der Waals surface area contributed by atoms with Crippen molar-refractivity contribution in [2.45, 2.75) is 0 Å². The maximum absolute atomic E-state index is 12.0. The first-order valence-corrected chi connectivity index (χ1v) is 13.0. The highest BCUT2D eigenvalue weighted by Crippen LogP contribution is 2.40. The lowest BCUT2D eigenvalue weighted by molar-refractivity contribution is -0.132. The van der Waals surface area contributed by atoms with Crippen LogP contribution >= 0.6 is 21.6 Å². The highest BCUT2D eigenvalue weighted by atomic mass is 33.1. The van der Waals surface area contributed by atoms with Crippen LogP contribution in [-0.4, -0.2) is 53.4 Å². The molecule has 0 spiro atoms. The van der Waals surface area contributed by atoms with Crippen LogP contribution in [0.3, 0.4) is 0 Å². The predicted molar refractivity (Wildman–Crippen MR) is 146 cm³/mol. The van der Waals surface area contributed by atoms with Gasteiger partial charge in [0.2, 0.25) is 0 Å². The number of aromatic nitrogens is 2. The molecule has 0 unspecified atom stereocenters. The molecule has 0 saturated carbocycles. The molecule has 4 N–H and O–H groups in total. The van der Waals surface area contributed by atoms with Gasteiger partial charge in [-0.25, -0.2) is 19.2 Å². The van der Waals surface area contributed by atoms with Crippen molar-refractivity contribution < 1.29 is 39.6 Å². The number of carboxylic acid groups (broad SMARTS) is 4. The number of rotatable bonds is 9. The summed E-state index contributed by atoms with van der Waals surface area (Å²) < 4.78 is 3.35. The first kappa shape index (κ1) is 26.6. The Morgan fingerprint density at radius 3 is 1.34 bits per heavy atom. The van der Waals surface area contributed by atoms with Gasteiger partial charge in [0.05, 0.1) is 11.1 Å². The van der Waals surface area contributed by atoms with Gasteiger partial charge in [-0.1, -0.05) is 12.1 Å². The molecule has 10 nitrogen and oxygen atoms in total. The number of aliphatic carboxylic acids is 2. The van der Waals surface area contributed by atoms with Gasteiger partial charge < -0.3 is 29.6 Å². The largest absolute Gasteiger partial charge is 0.478 e. The number of fused-ring (bicyclic) bond motifs is 2. The van der Waals surface area contributed by atoms with Crippen LogP contribution in [0.4, 0.5) is 0 Å². The van der Waals surface area contributed by atoms with E-state index in [1.165, 1.54) is 24.3 Å². The van der Waals surface area contributed by atoms with Crippen LogP contribution in [0.1, 0.15) is 31.8 Å². The molecule has 0 radical (unpaired) electrons. The standard InChI is InChI=1S/C26H20N2O8S2/c1-27-11-13(21-15(23(29)30)5-3-7-17(21)27)9-19(25(33)34)37-38-20(26(35)36)10-14-12-28(2)18-8-4-6-16(22(14)18)24(31)32/h3-12H,1-2H3,(H,29,30)(H,31,32)(H,33,34)(H,35,36)/b19-9-,20-10+. The van der Waals surface area contributed by atoms with Crippen LogP contribution in [0, 0.1) is 0 Å². The van der Waals surface area contributed by atoms with Crippen LogP contribution in [0.5, 0.6) is 0 Å². The number of aryl methyl sites for hydroxylation is 2. The molecule has 4 rings (SSSR count). The Hall–Kier alpha value is -4.42. The van der Waals surface area contributed by atoms with Gasteiger partial charge in [0, 0.05) is 59.4 Å². The summed E-state index contributed by atoms with van der Waals surface area (Å²) in [4.78, 5) is 47.1. The van der Waals surface area contributed by atoms with Gasteiger partial charge in [-0.2, -0.15) is 0 Å². The Bertz CT molecular complexity index is 1590. The number of nitrogens with zero attached hydrogens (tertiary/aromatic N) is 2. The minimum atomic E-state index is -1.32. The first-order chi connectivity index (χ1) is 18.0. The van der Waals surface area contributed by atoms with E-state index in [2.05, 4.69) is 0 Å². The van der Waals surface area contributed by atoms with Gasteiger partial charge in [-0.3, -0.25) is 0 Å². The third-order valence-corrected chi connectivity index (χ3v) is 8.12. The van der Waals surface area contributed by atoms with Crippen LogP contribution in [-0.2, 0) is 23.7 Å². The van der Waals surface area contributed by atoms with Gasteiger partial charge in [0.25, 0.3) is 0 Å². The zero-order chi connectivity index (χ0) is 27.7. The van der Waals surface area contributed by atoms with Gasteiger partial charge in [0.15, 0.2) is 0 Å². The zero-order valence-electron chi connectivity index (χ0n) is 19.9. The first-order valence-electron chi connectivity index (χ1n) is 10.9. The van der Waals surface area contributed by atoms with Crippen LogP contribution in [0.15, 0.2) is 58.6 Å². The summed E-state index contributed by atoms with van der Waals surface area (Å²) in [5, 5.41) is 39.5. The summed E-state index contributed by atoms with van der Waals surface area (Å²) in [6, 6.07) is 9.45. The lowest BCUT2D eigenvalue weighted by Gasteiger charge is -2.05. The Kier molecular flexibility index (Phi) is 7.37. The van der Waals surface area contributed by atoms with E-state index in [4.69, 9.17) is 0 Å². The Balaban J connectivity index is 1.75. The van der Waals surface area contributed by atoms with E-state index in [9.17, 15) is 39.6 Å². The molecule has 0 fully saturated rings. The number of carbonyl (C=O) groups is 4. The van der Waals surface area contributed by atoms with E-state index in [-0.39, 0.29) is 20.9 Å². The third kappa shape index (κ3) is 5.04. The summed E-state index contributed by atoms with van der Waals surface area (Å²) in [6.45, 7) is 0. The number of aromatic carboxylic acids is 2. The molecule has 4 aromatic rings. The fourth-order valence-electron chi connectivity index (χ4n) is 4.15. The van der Waals surface area contributed by atoms with Crippen molar-refractivity contribution in [3.8, 4) is 0 Å². The average molecular weight is 553 g/mol. The van der Waals surface area contributed by atoms with Gasteiger partial charge in [-0.15, -0.1) is 0 Å². The molecule has 0 aliphatic heterocycles. The molecule has 2 aromatic heterocycles. The van der Waals surface area contributed by atoms with Crippen molar-refractivity contribution in [1.29, 1.82) is 0 Å². The fourth-order valence-corrected chi connectivity index (χ4v) is 6.08. The van der Waals surface area contributed by atoms with Crippen molar-refractivity contribution in [3.63, 3.8) is 0 Å². The molecular formula is C26H20N2O8S2. The summed E-state index contributed by atoms with van der Waals surface area (Å²) in [5.74, 6) is -4.98. The number of hydrogen-bond donors (Lipinski definition) is 4. The van der Waals surface area contributed by atoms with E-state index in [0.29, 0.717) is 54.5 Å². The third-order valence-electron chi connectivity index (χ3n) is 5.76. The van der Waals surface area contributed by atoms with Crippen LogP contribution < -0.4 is 0 Å². The number of benzene rings is 2. The molecular weight excluding hydrogens is 532 g/mol. The second kappa shape index (κ2) is 10.5. The summed E-state index contributed by atoms with van der Waals surface area (Å²) in [6.07, 6.45) is 5.80. The van der Waals surface area contributed by atoms with Crippen molar-refractivity contribution in [1.82, 2.24) is 9.13 Å². The lowest BCUT2D eigenvalue weighted by atomic mass is 10.1. The second-order valence-electron chi connectivity index (χ2n) is 8.19. The fraction of sp³-hybridized carbons (Fsp3) is 0.0769. The van der Waals surface area contributed by atoms with E-state index in [1.807, 2.05) is 0 Å². The van der Waals surface area contributed by atoms with Gasteiger partial charge >= 0.3 is 23.9 Å². The maximum Gasteiger partial charge on any atom is 0.343 e. The molecule has 0 saturated heterocycles. The Labute approximate surface area is 222 Å². The smallest absolute Gasteiger partial charge is 0.343 e. The monoisotopic (exact) mass is 552 g/mol. The zero-order valence-corrected chi connectivity index (χ0v) is 21.5. The highest BCUT2D eigenvalue weighted by Gasteiger charge is 2.20. The Morgan fingerprint density at radius 1 is 0.658 bits per heavy atom. The van der Waals surface area contributed by atoms with Crippen LogP contribution in [0.25, 0.3) is 34.0 Å². The Morgan fingerprint density at radius 2 is 1.03 bits per heavy atom. The molecule has 2 heterocycles. The summed E-state index contributed by atoms with van der Waals surface area (Å²) in [5.41, 5.74) is 1.91. The topological polar surface area (TPSA) is 159 Å². The number of carboxylic acids is 4. The van der Waals surface area contributed by atoms with E-state index < -0.39 is 23.9 Å². The summed E-state index contributed by atoms with van der Waals surface area (Å²) >= 11 is 0. The van der Waals surface area contributed by atoms with E-state index in [1.54, 1.807) is 59.9 Å². The highest BCUT2D eigenvalue weighted by molar-refractivity contribution is 8.80. The predicted octanol–water partition coefficient (Wildman–Crippen LogP) is 5.00. The summed E-state index contributed by atoms with van der Waals surface area (Å²) in [7, 11) is 4.77. The molecule has 12 heteroatoms. The molecule has 38 heavy (non-hydrogen) atoms. The number of hydrogen-bond acceptors (Lipinski definition) is 6. The molecule has 194 valence electrons. The van der Waals surface area contributed by atoms with Gasteiger partial charge in [-0.05, 0) is 58.0 Å². The molecule has 0 aliphatic carbocycles. The maximum atomic E-state index is 12.0.